The number of carbonyl (C=O) groups excluding carboxylic acids is 2. The molecule has 32 heavy (non-hydrogen) atoms. The summed E-state index contributed by atoms with van der Waals surface area (Å²) in [5.41, 5.74) is 2.51. The number of carbonyl (C=O) groups is 2. The zero-order chi connectivity index (χ0) is 23.7. The monoisotopic (exact) mass is 435 g/mol. The van der Waals surface area contributed by atoms with Gasteiger partial charge in [0.25, 0.3) is 0 Å². The Hall–Kier alpha value is -2.42. The summed E-state index contributed by atoms with van der Waals surface area (Å²) in [6, 6.07) is 20.4. The van der Waals surface area contributed by atoms with Gasteiger partial charge >= 0.3 is 0 Å². The zero-order valence-corrected chi connectivity index (χ0v) is 20.8. The lowest BCUT2D eigenvalue weighted by Crippen LogP contribution is -2.46. The molecule has 2 aromatic rings. The third-order valence-electron chi connectivity index (χ3n) is 6.33. The average Bonchev–Trinajstić information content (AvgIpc) is 3.61. The molecule has 0 N–H and O–H groups in total. The van der Waals surface area contributed by atoms with Gasteiger partial charge in [-0.2, -0.15) is 0 Å². The lowest BCUT2D eigenvalue weighted by atomic mass is 9.95. The third-order valence-corrected chi connectivity index (χ3v) is 6.33. The van der Waals surface area contributed by atoms with Crippen LogP contribution in [0, 0.1) is 11.8 Å². The highest BCUT2D eigenvalue weighted by atomic mass is 16.2. The number of nitrogens with zero attached hydrogens (tertiary/aromatic N) is 1. The van der Waals surface area contributed by atoms with E-state index in [0.29, 0.717) is 24.3 Å². The Bertz CT molecular complexity index is 831. The van der Waals surface area contributed by atoms with Crippen LogP contribution in [0.15, 0.2) is 60.7 Å². The minimum atomic E-state index is -0.322. The van der Waals surface area contributed by atoms with E-state index in [4.69, 9.17) is 0 Å². The molecule has 0 spiro atoms. The molecule has 1 aliphatic rings. The van der Waals surface area contributed by atoms with Crippen LogP contribution in [-0.4, -0.2) is 29.2 Å². The maximum absolute atomic E-state index is 13.5. The second kappa shape index (κ2) is 12.6. The Morgan fingerprint density at radius 3 is 2.03 bits per heavy atom. The van der Waals surface area contributed by atoms with Gasteiger partial charge in [-0.25, -0.2) is 0 Å². The highest BCUT2D eigenvalue weighted by molar-refractivity contribution is 5.90. The minimum Gasteiger partial charge on any atom is -0.332 e. The van der Waals surface area contributed by atoms with Crippen molar-refractivity contribution in [3.8, 4) is 0 Å². The van der Waals surface area contributed by atoms with E-state index >= 15 is 0 Å². The quantitative estimate of drug-likeness (QED) is 0.409. The molecule has 0 aliphatic heterocycles. The van der Waals surface area contributed by atoms with Crippen LogP contribution in [0.25, 0.3) is 0 Å². The molecule has 0 aromatic heterocycles. The molecule has 1 saturated carbocycles. The summed E-state index contributed by atoms with van der Waals surface area (Å²) in [4.78, 5) is 28.0. The summed E-state index contributed by atoms with van der Waals surface area (Å²) >= 11 is 0. The first-order valence-electron chi connectivity index (χ1n) is 12.3. The van der Waals surface area contributed by atoms with Gasteiger partial charge in [0.15, 0.2) is 5.78 Å². The second-order valence-corrected chi connectivity index (χ2v) is 9.25. The maximum Gasteiger partial charge on any atom is 0.226 e. The fourth-order valence-corrected chi connectivity index (χ4v) is 4.41. The van der Waals surface area contributed by atoms with Crippen LogP contribution in [0.1, 0.15) is 83.8 Å². The molecule has 0 bridgehead atoms. The van der Waals surface area contributed by atoms with Crippen LogP contribution in [-0.2, 0) is 9.59 Å². The Morgan fingerprint density at radius 1 is 0.938 bits per heavy atom. The van der Waals surface area contributed by atoms with Crippen LogP contribution in [0.2, 0.25) is 0 Å². The molecule has 1 amide bonds. The number of hydrogen-bond donors (Lipinski definition) is 0. The summed E-state index contributed by atoms with van der Waals surface area (Å²) in [5.74, 6) is 1.27. The molecule has 0 saturated heterocycles. The van der Waals surface area contributed by atoms with Gasteiger partial charge in [0, 0.05) is 12.5 Å². The average molecular weight is 436 g/mol. The van der Waals surface area contributed by atoms with Crippen LogP contribution >= 0.6 is 0 Å². The van der Waals surface area contributed by atoms with E-state index in [2.05, 4.69) is 57.2 Å². The zero-order valence-electron chi connectivity index (χ0n) is 20.8. The number of amides is 1. The lowest BCUT2D eigenvalue weighted by molar-refractivity contribution is -0.140. The number of ketones is 1. The number of rotatable bonds is 10. The second-order valence-electron chi connectivity index (χ2n) is 9.25. The largest absolute Gasteiger partial charge is 0.332 e. The molecule has 174 valence electrons. The first-order valence-corrected chi connectivity index (χ1v) is 12.3. The highest BCUT2D eigenvalue weighted by Gasteiger charge is 2.47. The van der Waals surface area contributed by atoms with E-state index in [1.807, 2.05) is 43.0 Å². The van der Waals surface area contributed by atoms with Crippen LogP contribution in [0.3, 0.4) is 0 Å². The smallest absolute Gasteiger partial charge is 0.226 e. The van der Waals surface area contributed by atoms with Crippen molar-refractivity contribution >= 4 is 11.7 Å². The predicted octanol–water partition coefficient (Wildman–Crippen LogP) is 6.84. The molecule has 3 rings (SSSR count). The van der Waals surface area contributed by atoms with E-state index in [0.717, 1.165) is 19.3 Å². The maximum atomic E-state index is 13.5. The molecule has 4 atom stereocenters. The van der Waals surface area contributed by atoms with Crippen LogP contribution in [0.5, 0.6) is 0 Å². The lowest BCUT2D eigenvalue weighted by Gasteiger charge is -2.32. The number of hydrogen-bond acceptors (Lipinski definition) is 2. The molecule has 3 nitrogen and oxygen atoms in total. The summed E-state index contributed by atoms with van der Waals surface area (Å²) in [6.07, 6.45) is 2.48. The summed E-state index contributed by atoms with van der Waals surface area (Å²) in [5, 5.41) is 0. The Balaban J connectivity index is 0.00000176. The van der Waals surface area contributed by atoms with Gasteiger partial charge in [0.1, 0.15) is 0 Å². The first-order chi connectivity index (χ1) is 15.4. The van der Waals surface area contributed by atoms with Gasteiger partial charge < -0.3 is 4.90 Å². The summed E-state index contributed by atoms with van der Waals surface area (Å²) in [6.45, 7) is 12.7. The van der Waals surface area contributed by atoms with Gasteiger partial charge in [-0.05, 0) is 55.1 Å². The van der Waals surface area contributed by atoms with Crippen LogP contribution in [0.4, 0.5) is 0 Å². The summed E-state index contributed by atoms with van der Waals surface area (Å²) < 4.78 is 0. The third kappa shape index (κ3) is 7.05. The number of benzene rings is 2. The minimum absolute atomic E-state index is 0.00782. The Kier molecular flexibility index (Phi) is 10.2. The van der Waals surface area contributed by atoms with Crippen molar-refractivity contribution in [1.29, 1.82) is 0 Å². The van der Waals surface area contributed by atoms with Crippen molar-refractivity contribution in [2.24, 2.45) is 11.8 Å². The van der Waals surface area contributed by atoms with E-state index < -0.39 is 0 Å². The molecular formula is C29H41NO2. The van der Waals surface area contributed by atoms with Crippen molar-refractivity contribution < 1.29 is 9.59 Å². The van der Waals surface area contributed by atoms with Gasteiger partial charge in [0.05, 0.1) is 6.04 Å². The van der Waals surface area contributed by atoms with Crippen molar-refractivity contribution in [3.05, 3.63) is 71.8 Å². The van der Waals surface area contributed by atoms with Crippen molar-refractivity contribution in [1.82, 2.24) is 4.90 Å². The van der Waals surface area contributed by atoms with Gasteiger partial charge in [-0.15, -0.1) is 0 Å². The van der Waals surface area contributed by atoms with Gasteiger partial charge in [0.2, 0.25) is 5.91 Å². The highest BCUT2D eigenvalue weighted by Crippen LogP contribution is 2.48. The van der Waals surface area contributed by atoms with Crippen molar-refractivity contribution in [3.63, 3.8) is 0 Å². The molecule has 1 aliphatic carbocycles. The number of Topliss-reactive ketones (excluding diaryl/α,β-unsaturated/α-hetero) is 1. The van der Waals surface area contributed by atoms with Crippen molar-refractivity contribution in [2.45, 2.75) is 78.7 Å². The fraction of sp³-hybridized carbons (Fsp3) is 0.517. The summed E-state index contributed by atoms with van der Waals surface area (Å²) in [7, 11) is 0. The van der Waals surface area contributed by atoms with Gasteiger partial charge in [-0.3, -0.25) is 9.59 Å². The van der Waals surface area contributed by atoms with E-state index in [9.17, 15) is 9.59 Å². The van der Waals surface area contributed by atoms with E-state index in [1.165, 1.54) is 11.1 Å². The molecular weight excluding hydrogens is 394 g/mol. The van der Waals surface area contributed by atoms with Crippen LogP contribution < -0.4 is 0 Å². The topological polar surface area (TPSA) is 37.4 Å². The predicted molar refractivity (Wildman–Crippen MR) is 134 cm³/mol. The molecule has 3 heteroatoms. The van der Waals surface area contributed by atoms with E-state index in [1.54, 1.807) is 6.92 Å². The molecule has 2 aromatic carbocycles. The molecule has 1 unspecified atom stereocenters. The Morgan fingerprint density at radius 2 is 1.50 bits per heavy atom. The SMILES string of the molecule is CC.CC(=O)C(CC(C)C)N(CC[C@H](C)c1ccccc1)C(=O)[C@@H]1C[C@H]1c1ccccc1. The first kappa shape index (κ1) is 25.8. The molecule has 0 heterocycles. The Labute approximate surface area is 195 Å². The molecule has 1 fully saturated rings. The fourth-order valence-electron chi connectivity index (χ4n) is 4.41. The van der Waals surface area contributed by atoms with E-state index in [-0.39, 0.29) is 23.7 Å². The standard InChI is InChI=1S/C27H35NO2.C2H6/c1-19(2)17-26(21(4)29)28(16-15-20(3)22-11-7-5-8-12-22)27(30)25-18-24(25)23-13-9-6-10-14-23;1-2/h5-14,19-20,24-26H,15-18H2,1-4H3;1-2H3/t20-,24-,25+,26?;/m0./s1. The van der Waals surface area contributed by atoms with Crippen molar-refractivity contribution in [2.75, 3.05) is 6.54 Å². The normalized spacial score (nSPS) is 18.8. The van der Waals surface area contributed by atoms with Gasteiger partial charge in [-0.1, -0.05) is 95.3 Å². The molecule has 0 radical (unpaired) electrons.